The van der Waals surface area contributed by atoms with E-state index in [-0.39, 0.29) is 6.42 Å². The first kappa shape index (κ1) is 16.3. The second-order valence-electron chi connectivity index (χ2n) is 4.52. The number of Topliss-reactive ketones (excluding diaryl/α,β-unsaturated/α-hetero) is 2. The minimum absolute atomic E-state index is 0.0559. The van der Waals surface area contributed by atoms with Gasteiger partial charge < -0.3 is 10.2 Å². The van der Waals surface area contributed by atoms with Crippen LogP contribution in [0.3, 0.4) is 0 Å². The molecule has 0 heterocycles. The molecule has 0 aromatic carbocycles. The Labute approximate surface area is 103 Å². The predicted molar refractivity (Wildman–Crippen MR) is 65.5 cm³/mol. The fourth-order valence-corrected chi connectivity index (χ4v) is 1.61. The lowest BCUT2D eigenvalue weighted by Crippen LogP contribution is -2.45. The average Bonchev–Trinajstić information content (AvgIpc) is 2.27. The Morgan fingerprint density at radius 1 is 0.941 bits per heavy atom. The lowest BCUT2D eigenvalue weighted by molar-refractivity contribution is -0.187. The lowest BCUT2D eigenvalue weighted by atomic mass is 10.0. The first-order valence-corrected chi connectivity index (χ1v) is 6.42. The number of carbonyl (C=O) groups is 2. The highest BCUT2D eigenvalue weighted by Gasteiger charge is 2.37. The van der Waals surface area contributed by atoms with Gasteiger partial charge in [-0.15, -0.1) is 0 Å². The van der Waals surface area contributed by atoms with Crippen LogP contribution in [0.15, 0.2) is 0 Å². The molecule has 0 radical (unpaired) electrons. The molecule has 0 aliphatic heterocycles. The van der Waals surface area contributed by atoms with Gasteiger partial charge in [0.25, 0.3) is 5.79 Å². The van der Waals surface area contributed by atoms with Crippen LogP contribution in [0.2, 0.25) is 0 Å². The first-order chi connectivity index (χ1) is 7.92. The fraction of sp³-hybridized carbons (Fsp3) is 0.846. The third-order valence-electron chi connectivity index (χ3n) is 2.89. The van der Waals surface area contributed by atoms with E-state index < -0.39 is 17.4 Å². The third kappa shape index (κ3) is 6.54. The topological polar surface area (TPSA) is 74.6 Å². The van der Waals surface area contributed by atoms with Gasteiger partial charge in [0.1, 0.15) is 0 Å². The Bertz CT molecular complexity index is 246. The third-order valence-corrected chi connectivity index (χ3v) is 2.89. The number of ketones is 2. The molecule has 0 rings (SSSR count). The molecule has 0 spiro atoms. The number of hydrogen-bond donors (Lipinski definition) is 2. The van der Waals surface area contributed by atoms with Gasteiger partial charge in [-0.1, -0.05) is 45.4 Å². The van der Waals surface area contributed by atoms with E-state index in [1.165, 1.54) is 19.3 Å². The Hall–Kier alpha value is -0.740. The number of carbonyl (C=O) groups excluding carboxylic acids is 2. The van der Waals surface area contributed by atoms with Crippen LogP contribution in [0.1, 0.15) is 65.2 Å². The van der Waals surface area contributed by atoms with Crippen molar-refractivity contribution in [3.63, 3.8) is 0 Å². The number of unbranched alkanes of at least 4 members (excludes halogenated alkanes) is 6. The van der Waals surface area contributed by atoms with E-state index >= 15 is 0 Å². The van der Waals surface area contributed by atoms with E-state index in [4.69, 9.17) is 0 Å². The lowest BCUT2D eigenvalue weighted by Gasteiger charge is -2.16. The van der Waals surface area contributed by atoms with Gasteiger partial charge in [0.2, 0.25) is 0 Å². The largest absolute Gasteiger partial charge is 0.354 e. The Kier molecular flexibility index (Phi) is 8.00. The summed E-state index contributed by atoms with van der Waals surface area (Å²) in [5.74, 6) is -4.48. The second kappa shape index (κ2) is 8.37. The number of hydrogen-bond acceptors (Lipinski definition) is 4. The Morgan fingerprint density at radius 3 is 1.88 bits per heavy atom. The molecule has 4 nitrogen and oxygen atoms in total. The summed E-state index contributed by atoms with van der Waals surface area (Å²) in [4.78, 5) is 22.1. The zero-order chi connectivity index (χ0) is 13.3. The van der Waals surface area contributed by atoms with Crippen molar-refractivity contribution in [3.8, 4) is 0 Å². The van der Waals surface area contributed by atoms with Crippen molar-refractivity contribution in [1.29, 1.82) is 0 Å². The first-order valence-electron chi connectivity index (χ1n) is 6.42. The van der Waals surface area contributed by atoms with Gasteiger partial charge in [-0.05, 0) is 6.42 Å². The normalized spacial score (nSPS) is 11.5. The van der Waals surface area contributed by atoms with Crippen LogP contribution in [0.5, 0.6) is 0 Å². The van der Waals surface area contributed by atoms with Gasteiger partial charge >= 0.3 is 0 Å². The van der Waals surface area contributed by atoms with Crippen LogP contribution < -0.4 is 0 Å². The Morgan fingerprint density at radius 2 is 1.41 bits per heavy atom. The van der Waals surface area contributed by atoms with Gasteiger partial charge in [-0.25, -0.2) is 0 Å². The summed E-state index contributed by atoms with van der Waals surface area (Å²) >= 11 is 0. The molecule has 0 unspecified atom stereocenters. The summed E-state index contributed by atoms with van der Waals surface area (Å²) in [7, 11) is 0. The molecule has 4 heteroatoms. The van der Waals surface area contributed by atoms with Crippen LogP contribution in [0.4, 0.5) is 0 Å². The molecule has 2 N–H and O–H groups in total. The predicted octanol–water partition coefficient (Wildman–Crippen LogP) is 1.97. The molecule has 0 atom stereocenters. The van der Waals surface area contributed by atoms with Gasteiger partial charge in [0.15, 0.2) is 11.6 Å². The molecule has 0 saturated carbocycles. The molecule has 0 saturated heterocycles. The van der Waals surface area contributed by atoms with Crippen LogP contribution in [-0.2, 0) is 9.59 Å². The van der Waals surface area contributed by atoms with Crippen molar-refractivity contribution in [2.45, 2.75) is 71.0 Å². The van der Waals surface area contributed by atoms with Crippen LogP contribution in [0.25, 0.3) is 0 Å². The summed E-state index contributed by atoms with van der Waals surface area (Å²) < 4.78 is 0. The van der Waals surface area contributed by atoms with Gasteiger partial charge in [0, 0.05) is 13.3 Å². The molecular weight excluding hydrogens is 220 g/mol. The number of aliphatic hydroxyl groups is 2. The highest BCUT2D eigenvalue weighted by Crippen LogP contribution is 2.12. The van der Waals surface area contributed by atoms with Crippen molar-refractivity contribution in [3.05, 3.63) is 0 Å². The summed E-state index contributed by atoms with van der Waals surface area (Å²) in [5.41, 5.74) is 0. The van der Waals surface area contributed by atoms with E-state index in [1.807, 2.05) is 0 Å². The van der Waals surface area contributed by atoms with Gasteiger partial charge in [-0.2, -0.15) is 0 Å². The SMILES string of the molecule is CCCCCCCCCC(=O)C(O)(O)C(C)=O. The molecule has 0 aromatic rings. The minimum atomic E-state index is -2.78. The van der Waals surface area contributed by atoms with Crippen LogP contribution in [-0.4, -0.2) is 27.6 Å². The van der Waals surface area contributed by atoms with E-state index in [0.717, 1.165) is 26.2 Å². The van der Waals surface area contributed by atoms with Crippen molar-refractivity contribution in [2.75, 3.05) is 0 Å². The van der Waals surface area contributed by atoms with Crippen molar-refractivity contribution >= 4 is 11.6 Å². The molecule has 17 heavy (non-hydrogen) atoms. The van der Waals surface area contributed by atoms with Crippen molar-refractivity contribution in [1.82, 2.24) is 0 Å². The van der Waals surface area contributed by atoms with Crippen LogP contribution >= 0.6 is 0 Å². The van der Waals surface area contributed by atoms with Crippen molar-refractivity contribution in [2.24, 2.45) is 0 Å². The molecule has 0 fully saturated rings. The molecule has 0 aromatic heterocycles. The maximum Gasteiger partial charge on any atom is 0.285 e. The molecule has 0 aliphatic carbocycles. The van der Waals surface area contributed by atoms with E-state index in [2.05, 4.69) is 6.92 Å². The molecular formula is C13H24O4. The minimum Gasteiger partial charge on any atom is -0.354 e. The molecule has 0 aliphatic rings. The highest BCUT2D eigenvalue weighted by atomic mass is 16.5. The second-order valence-corrected chi connectivity index (χ2v) is 4.52. The average molecular weight is 244 g/mol. The number of rotatable bonds is 10. The molecule has 0 bridgehead atoms. The van der Waals surface area contributed by atoms with E-state index in [1.54, 1.807) is 0 Å². The summed E-state index contributed by atoms with van der Waals surface area (Å²) in [6.45, 7) is 3.16. The molecule has 100 valence electrons. The quantitative estimate of drug-likeness (QED) is 0.350. The van der Waals surface area contributed by atoms with E-state index in [0.29, 0.717) is 6.42 Å². The summed E-state index contributed by atoms with van der Waals surface area (Å²) in [6, 6.07) is 0. The van der Waals surface area contributed by atoms with Gasteiger partial charge in [0.05, 0.1) is 0 Å². The maximum atomic E-state index is 11.3. The zero-order valence-corrected chi connectivity index (χ0v) is 10.9. The smallest absolute Gasteiger partial charge is 0.285 e. The Balaban J connectivity index is 3.62. The van der Waals surface area contributed by atoms with Crippen LogP contribution in [0, 0.1) is 0 Å². The molecule has 0 amide bonds. The summed E-state index contributed by atoms with van der Waals surface area (Å²) in [5, 5.41) is 18.4. The summed E-state index contributed by atoms with van der Waals surface area (Å²) in [6.07, 6.45) is 7.41. The van der Waals surface area contributed by atoms with Gasteiger partial charge in [-0.3, -0.25) is 9.59 Å². The fourth-order valence-electron chi connectivity index (χ4n) is 1.61. The standard InChI is InChI=1S/C13H24O4/c1-3-4-5-6-7-8-9-10-12(15)13(16,17)11(2)14/h16-17H,3-10H2,1-2H3. The zero-order valence-electron chi connectivity index (χ0n) is 10.9. The highest BCUT2D eigenvalue weighted by molar-refractivity contribution is 6.06. The monoisotopic (exact) mass is 244 g/mol. The maximum absolute atomic E-state index is 11.3. The van der Waals surface area contributed by atoms with E-state index in [9.17, 15) is 19.8 Å². The van der Waals surface area contributed by atoms with Crippen molar-refractivity contribution < 1.29 is 19.8 Å².